The lowest BCUT2D eigenvalue weighted by molar-refractivity contribution is 0.0667. The normalized spacial score (nSPS) is 16.9. The van der Waals surface area contributed by atoms with Gasteiger partial charge in [0.15, 0.2) is 0 Å². The van der Waals surface area contributed by atoms with Crippen LogP contribution in [0.5, 0.6) is 0 Å². The lowest BCUT2D eigenvalue weighted by Gasteiger charge is -2.28. The van der Waals surface area contributed by atoms with E-state index in [1.165, 1.54) is 0 Å². The van der Waals surface area contributed by atoms with Gasteiger partial charge in [-0.2, -0.15) is 0 Å². The number of halogens is 2. The molecule has 1 amide bonds. The summed E-state index contributed by atoms with van der Waals surface area (Å²) in [5.74, 6) is -0.0532. The third-order valence-corrected chi connectivity index (χ3v) is 4.53. The number of carbonyl (C=O) groups is 1. The number of likely N-dealkylation sites (tertiary alicyclic amines) is 1. The summed E-state index contributed by atoms with van der Waals surface area (Å²) in [6.07, 6.45) is 3.71. The van der Waals surface area contributed by atoms with Gasteiger partial charge in [0, 0.05) is 32.5 Å². The molecule has 20 heavy (non-hydrogen) atoms. The predicted octanol–water partition coefficient (Wildman–Crippen LogP) is 2.75. The van der Waals surface area contributed by atoms with Crippen LogP contribution in [0.3, 0.4) is 0 Å². The number of hydrogen-bond donors (Lipinski definition) is 0. The van der Waals surface area contributed by atoms with Gasteiger partial charge in [0.25, 0.3) is 5.91 Å². The van der Waals surface area contributed by atoms with E-state index in [-0.39, 0.29) is 5.91 Å². The van der Waals surface area contributed by atoms with Crippen molar-refractivity contribution in [3.8, 4) is 0 Å². The molecule has 4 nitrogen and oxygen atoms in total. The first-order chi connectivity index (χ1) is 9.56. The maximum absolute atomic E-state index is 13.1. The number of alkyl halides is 1. The molecule has 2 aromatic heterocycles. The molecule has 1 saturated heterocycles. The van der Waals surface area contributed by atoms with Crippen LogP contribution in [0, 0.1) is 3.57 Å². The number of rotatable bonds is 1. The largest absolute Gasteiger partial charge is 0.348 e. The second kappa shape index (κ2) is 5.31. The van der Waals surface area contributed by atoms with E-state index in [0.29, 0.717) is 31.5 Å². The Morgan fingerprint density at radius 2 is 2.15 bits per heavy atom. The molecule has 0 bridgehead atoms. The molecule has 0 N–H and O–H groups in total. The standard InChI is InChI=1S/C14H15FIN3O/c1-18-8-11(16)13-12(18)6-9(7-17-13)14(20)19-4-2-10(15)3-5-19/h6-8,10H,2-5H2,1H3. The van der Waals surface area contributed by atoms with E-state index in [1.807, 2.05) is 23.9 Å². The van der Waals surface area contributed by atoms with Crippen LogP contribution in [0.4, 0.5) is 4.39 Å². The van der Waals surface area contributed by atoms with Gasteiger partial charge in [0.2, 0.25) is 0 Å². The molecule has 1 aliphatic heterocycles. The van der Waals surface area contributed by atoms with E-state index >= 15 is 0 Å². The monoisotopic (exact) mass is 387 g/mol. The van der Waals surface area contributed by atoms with Crippen molar-refractivity contribution in [3.63, 3.8) is 0 Å². The third kappa shape index (κ3) is 2.41. The SMILES string of the molecule is Cn1cc(I)c2ncc(C(=O)N3CCC(F)CC3)cc21. The topological polar surface area (TPSA) is 38.1 Å². The molecule has 2 aromatic rings. The van der Waals surface area contributed by atoms with Gasteiger partial charge in [-0.3, -0.25) is 9.78 Å². The summed E-state index contributed by atoms with van der Waals surface area (Å²) < 4.78 is 16.2. The number of pyridine rings is 1. The van der Waals surface area contributed by atoms with Crippen LogP contribution in [-0.4, -0.2) is 39.6 Å². The fourth-order valence-electron chi connectivity index (χ4n) is 2.56. The zero-order valence-electron chi connectivity index (χ0n) is 11.1. The molecular formula is C14H15FIN3O. The quantitative estimate of drug-likeness (QED) is 0.706. The van der Waals surface area contributed by atoms with Crippen molar-refractivity contribution in [1.29, 1.82) is 0 Å². The molecule has 106 valence electrons. The van der Waals surface area contributed by atoms with Crippen molar-refractivity contribution in [1.82, 2.24) is 14.5 Å². The number of fused-ring (bicyclic) bond motifs is 1. The first-order valence-corrected chi connectivity index (χ1v) is 7.68. The molecule has 3 heterocycles. The Balaban J connectivity index is 1.90. The molecule has 0 atom stereocenters. The van der Waals surface area contributed by atoms with E-state index in [0.717, 1.165) is 14.6 Å². The highest BCUT2D eigenvalue weighted by molar-refractivity contribution is 14.1. The number of carbonyl (C=O) groups excluding carboxylic acids is 1. The molecule has 0 aliphatic carbocycles. The highest BCUT2D eigenvalue weighted by atomic mass is 127. The minimum atomic E-state index is -0.769. The maximum Gasteiger partial charge on any atom is 0.255 e. The van der Waals surface area contributed by atoms with Crippen LogP contribution in [0.15, 0.2) is 18.5 Å². The van der Waals surface area contributed by atoms with Crippen molar-refractivity contribution in [2.45, 2.75) is 19.0 Å². The Hall–Kier alpha value is -1.18. The molecule has 0 saturated carbocycles. The fourth-order valence-corrected chi connectivity index (χ4v) is 3.39. The fraction of sp³-hybridized carbons (Fsp3) is 0.429. The molecule has 0 radical (unpaired) electrons. The summed E-state index contributed by atoms with van der Waals surface area (Å²) in [6, 6.07) is 1.87. The van der Waals surface area contributed by atoms with Crippen LogP contribution >= 0.6 is 22.6 Å². The second-order valence-corrected chi connectivity index (χ2v) is 6.31. The Labute approximate surface area is 130 Å². The summed E-state index contributed by atoms with van der Waals surface area (Å²) in [7, 11) is 1.94. The molecular weight excluding hydrogens is 372 g/mol. The molecule has 0 spiro atoms. The summed E-state index contributed by atoms with van der Waals surface area (Å²) in [5.41, 5.74) is 2.43. The molecule has 3 rings (SSSR count). The van der Waals surface area contributed by atoms with Crippen molar-refractivity contribution in [2.24, 2.45) is 7.05 Å². The Morgan fingerprint density at radius 3 is 2.85 bits per heavy atom. The van der Waals surface area contributed by atoms with Crippen molar-refractivity contribution in [3.05, 3.63) is 27.6 Å². The van der Waals surface area contributed by atoms with E-state index < -0.39 is 6.17 Å². The number of amides is 1. The van der Waals surface area contributed by atoms with Gasteiger partial charge in [-0.15, -0.1) is 0 Å². The zero-order chi connectivity index (χ0) is 14.3. The second-order valence-electron chi connectivity index (χ2n) is 5.15. The van der Waals surface area contributed by atoms with Gasteiger partial charge in [0.05, 0.1) is 14.7 Å². The first-order valence-electron chi connectivity index (χ1n) is 6.60. The Morgan fingerprint density at radius 1 is 1.45 bits per heavy atom. The third-order valence-electron chi connectivity index (χ3n) is 3.74. The Kier molecular flexibility index (Phi) is 3.66. The highest BCUT2D eigenvalue weighted by Crippen LogP contribution is 2.22. The van der Waals surface area contributed by atoms with Gasteiger partial charge in [-0.05, 0) is 41.5 Å². The molecule has 0 aromatic carbocycles. The van der Waals surface area contributed by atoms with Crippen LogP contribution in [0.2, 0.25) is 0 Å². The summed E-state index contributed by atoms with van der Waals surface area (Å²) in [6.45, 7) is 0.978. The number of piperidine rings is 1. The zero-order valence-corrected chi connectivity index (χ0v) is 13.3. The predicted molar refractivity (Wildman–Crippen MR) is 83.5 cm³/mol. The van der Waals surface area contributed by atoms with Crippen LogP contribution in [-0.2, 0) is 7.05 Å². The van der Waals surface area contributed by atoms with E-state index in [1.54, 1.807) is 11.1 Å². The summed E-state index contributed by atoms with van der Waals surface area (Å²) in [5, 5.41) is 0. The smallest absolute Gasteiger partial charge is 0.255 e. The van der Waals surface area contributed by atoms with Gasteiger partial charge in [-0.25, -0.2) is 4.39 Å². The molecule has 0 unspecified atom stereocenters. The Bertz CT molecular complexity index is 662. The average molecular weight is 387 g/mol. The van der Waals surface area contributed by atoms with Gasteiger partial charge >= 0.3 is 0 Å². The first kappa shape index (κ1) is 13.8. The molecule has 1 fully saturated rings. The summed E-state index contributed by atoms with van der Waals surface area (Å²) >= 11 is 2.23. The van der Waals surface area contributed by atoms with E-state index in [2.05, 4.69) is 27.6 Å². The lowest BCUT2D eigenvalue weighted by atomic mass is 10.1. The van der Waals surface area contributed by atoms with Gasteiger partial charge in [-0.1, -0.05) is 0 Å². The number of aryl methyl sites for hydroxylation is 1. The van der Waals surface area contributed by atoms with Crippen LogP contribution in [0.25, 0.3) is 11.0 Å². The maximum atomic E-state index is 13.1. The van der Waals surface area contributed by atoms with E-state index in [4.69, 9.17) is 0 Å². The lowest BCUT2D eigenvalue weighted by Crippen LogP contribution is -2.39. The van der Waals surface area contributed by atoms with Gasteiger partial charge in [0.1, 0.15) is 11.7 Å². The highest BCUT2D eigenvalue weighted by Gasteiger charge is 2.23. The number of hydrogen-bond acceptors (Lipinski definition) is 2. The summed E-state index contributed by atoms with van der Waals surface area (Å²) in [4.78, 5) is 18.5. The minimum Gasteiger partial charge on any atom is -0.348 e. The van der Waals surface area contributed by atoms with Gasteiger partial charge < -0.3 is 9.47 Å². The van der Waals surface area contributed by atoms with Crippen LogP contribution in [0.1, 0.15) is 23.2 Å². The van der Waals surface area contributed by atoms with Crippen molar-refractivity contribution < 1.29 is 9.18 Å². The van der Waals surface area contributed by atoms with Crippen molar-refractivity contribution in [2.75, 3.05) is 13.1 Å². The average Bonchev–Trinajstić information content (AvgIpc) is 2.74. The van der Waals surface area contributed by atoms with E-state index in [9.17, 15) is 9.18 Å². The van der Waals surface area contributed by atoms with Crippen LogP contribution < -0.4 is 0 Å². The molecule has 6 heteroatoms. The molecule has 1 aliphatic rings. The number of aromatic nitrogens is 2. The van der Waals surface area contributed by atoms with Crippen molar-refractivity contribution >= 4 is 39.5 Å². The number of nitrogens with zero attached hydrogens (tertiary/aromatic N) is 3. The minimum absolute atomic E-state index is 0.0532.